The summed E-state index contributed by atoms with van der Waals surface area (Å²) in [6, 6.07) is 6.87. The Morgan fingerprint density at radius 2 is 1.80 bits per heavy atom. The number of rotatable bonds is 1. The number of benzene rings is 1. The molecule has 0 radical (unpaired) electrons. The summed E-state index contributed by atoms with van der Waals surface area (Å²) in [6.07, 6.45) is -3.49. The van der Waals surface area contributed by atoms with Crippen molar-refractivity contribution in [3.63, 3.8) is 0 Å². The molecule has 0 amide bonds. The van der Waals surface area contributed by atoms with Crippen LogP contribution in [0, 0.1) is 0 Å². The van der Waals surface area contributed by atoms with Crippen molar-refractivity contribution >= 4 is 0 Å². The Morgan fingerprint density at radius 1 is 1.05 bits per heavy atom. The Balaban J connectivity index is 1.93. The van der Waals surface area contributed by atoms with E-state index in [-0.39, 0.29) is 0 Å². The zero-order chi connectivity index (χ0) is 14.2. The Hall–Kier alpha value is -1.95. The number of halogens is 3. The highest BCUT2D eigenvalue weighted by molar-refractivity contribution is 5.60. The van der Waals surface area contributed by atoms with Crippen molar-refractivity contribution in [2.75, 3.05) is 6.54 Å². The third-order valence-electron chi connectivity index (χ3n) is 3.32. The summed E-state index contributed by atoms with van der Waals surface area (Å²) in [5, 5.41) is 11.5. The van der Waals surface area contributed by atoms with Crippen LogP contribution in [0.3, 0.4) is 0 Å². The minimum Gasteiger partial charge on any atom is -0.312 e. The van der Waals surface area contributed by atoms with Crippen LogP contribution in [0.5, 0.6) is 0 Å². The van der Waals surface area contributed by atoms with Gasteiger partial charge >= 0.3 is 6.18 Å². The van der Waals surface area contributed by atoms with Crippen LogP contribution in [0.4, 0.5) is 13.2 Å². The predicted octanol–water partition coefficient (Wildman–Crippen LogP) is 2.81. The Kier molecular flexibility index (Phi) is 3.17. The molecular formula is C14H12F3N3. The highest BCUT2D eigenvalue weighted by Gasteiger charge is 2.30. The van der Waals surface area contributed by atoms with Gasteiger partial charge in [0, 0.05) is 25.1 Å². The van der Waals surface area contributed by atoms with Gasteiger partial charge in [-0.15, -0.1) is 0 Å². The predicted molar refractivity (Wildman–Crippen MR) is 67.9 cm³/mol. The molecule has 0 unspecified atom stereocenters. The topological polar surface area (TPSA) is 37.8 Å². The third kappa shape index (κ3) is 2.51. The molecular weight excluding hydrogens is 267 g/mol. The standard InChI is InChI=1S/C14H12F3N3/c15-14(16,17)11-3-1-9(2-4-11)13-7-10-8-18-6-5-12(10)19-20-13/h1-4,7,18H,5-6,8H2. The summed E-state index contributed by atoms with van der Waals surface area (Å²) in [5.41, 5.74) is 2.59. The maximum absolute atomic E-state index is 12.5. The first-order valence-electron chi connectivity index (χ1n) is 6.28. The Labute approximate surface area is 113 Å². The zero-order valence-electron chi connectivity index (χ0n) is 10.5. The van der Waals surface area contributed by atoms with Gasteiger partial charge in [-0.05, 0) is 23.8 Å². The summed E-state index contributed by atoms with van der Waals surface area (Å²) in [4.78, 5) is 0. The minimum absolute atomic E-state index is 0.598. The lowest BCUT2D eigenvalue weighted by Crippen LogP contribution is -2.25. The number of hydrogen-bond acceptors (Lipinski definition) is 3. The molecule has 2 heterocycles. The molecule has 1 aromatic heterocycles. The Morgan fingerprint density at radius 3 is 2.50 bits per heavy atom. The van der Waals surface area contributed by atoms with Crippen LogP contribution in [0.2, 0.25) is 0 Å². The van der Waals surface area contributed by atoms with E-state index in [1.807, 2.05) is 6.07 Å². The molecule has 20 heavy (non-hydrogen) atoms. The van der Waals surface area contributed by atoms with E-state index >= 15 is 0 Å². The molecule has 0 saturated heterocycles. The van der Waals surface area contributed by atoms with Crippen LogP contribution in [0.15, 0.2) is 30.3 Å². The smallest absolute Gasteiger partial charge is 0.312 e. The largest absolute Gasteiger partial charge is 0.416 e. The molecule has 1 aliphatic heterocycles. The zero-order valence-corrected chi connectivity index (χ0v) is 10.5. The molecule has 2 aromatic rings. The molecule has 0 saturated carbocycles. The highest BCUT2D eigenvalue weighted by Crippen LogP contribution is 2.30. The highest BCUT2D eigenvalue weighted by atomic mass is 19.4. The lowest BCUT2D eigenvalue weighted by atomic mass is 10.0. The SMILES string of the molecule is FC(F)(F)c1ccc(-c2cc3c(nn2)CCNC3)cc1. The van der Waals surface area contributed by atoms with Crippen molar-refractivity contribution < 1.29 is 13.2 Å². The van der Waals surface area contributed by atoms with Gasteiger partial charge in [-0.1, -0.05) is 12.1 Å². The first-order chi connectivity index (χ1) is 9.54. The molecule has 1 aromatic carbocycles. The molecule has 0 spiro atoms. The van der Waals surface area contributed by atoms with Crippen molar-refractivity contribution in [2.45, 2.75) is 19.1 Å². The van der Waals surface area contributed by atoms with Crippen LogP contribution in [-0.4, -0.2) is 16.7 Å². The molecule has 3 rings (SSSR count). The summed E-state index contributed by atoms with van der Waals surface area (Å²) in [6.45, 7) is 1.60. The first kappa shape index (κ1) is 13.1. The molecule has 0 atom stereocenters. The number of nitrogens with one attached hydrogen (secondary N) is 1. The summed E-state index contributed by atoms with van der Waals surface area (Å²) in [5.74, 6) is 0. The summed E-state index contributed by atoms with van der Waals surface area (Å²) in [7, 11) is 0. The number of nitrogens with zero attached hydrogens (tertiary/aromatic N) is 2. The number of alkyl halides is 3. The van der Waals surface area contributed by atoms with Gasteiger partial charge in [0.15, 0.2) is 0 Å². The second-order valence-corrected chi connectivity index (χ2v) is 4.70. The van der Waals surface area contributed by atoms with Gasteiger partial charge in [-0.2, -0.15) is 23.4 Å². The van der Waals surface area contributed by atoms with Crippen molar-refractivity contribution in [3.05, 3.63) is 47.2 Å². The van der Waals surface area contributed by atoms with E-state index in [0.29, 0.717) is 11.3 Å². The average Bonchev–Trinajstić information content (AvgIpc) is 2.46. The van der Waals surface area contributed by atoms with Gasteiger partial charge in [-0.25, -0.2) is 0 Å². The molecule has 6 heteroatoms. The lowest BCUT2D eigenvalue weighted by molar-refractivity contribution is -0.137. The molecule has 0 aliphatic carbocycles. The van der Waals surface area contributed by atoms with Crippen molar-refractivity contribution in [1.29, 1.82) is 0 Å². The molecule has 1 N–H and O–H groups in total. The normalized spacial score (nSPS) is 14.9. The number of hydrogen-bond donors (Lipinski definition) is 1. The Bertz CT molecular complexity index is 621. The fourth-order valence-electron chi connectivity index (χ4n) is 2.22. The van der Waals surface area contributed by atoms with Crippen LogP contribution in [0.25, 0.3) is 11.3 Å². The van der Waals surface area contributed by atoms with Crippen LogP contribution < -0.4 is 5.32 Å². The van der Waals surface area contributed by atoms with Gasteiger partial charge in [0.1, 0.15) is 0 Å². The minimum atomic E-state index is -4.32. The maximum Gasteiger partial charge on any atom is 0.416 e. The van der Waals surface area contributed by atoms with E-state index in [9.17, 15) is 13.2 Å². The van der Waals surface area contributed by atoms with Crippen LogP contribution in [0.1, 0.15) is 16.8 Å². The molecule has 0 bridgehead atoms. The van der Waals surface area contributed by atoms with E-state index in [2.05, 4.69) is 15.5 Å². The van der Waals surface area contributed by atoms with Crippen LogP contribution in [-0.2, 0) is 19.1 Å². The van der Waals surface area contributed by atoms with Crippen molar-refractivity contribution in [1.82, 2.24) is 15.5 Å². The van der Waals surface area contributed by atoms with E-state index in [1.165, 1.54) is 12.1 Å². The van der Waals surface area contributed by atoms with Gasteiger partial charge in [0.05, 0.1) is 17.0 Å². The quantitative estimate of drug-likeness (QED) is 0.872. The third-order valence-corrected chi connectivity index (χ3v) is 3.32. The van der Waals surface area contributed by atoms with E-state index in [0.717, 1.165) is 42.9 Å². The maximum atomic E-state index is 12.5. The second-order valence-electron chi connectivity index (χ2n) is 4.70. The molecule has 1 aliphatic rings. The summed E-state index contributed by atoms with van der Waals surface area (Å²) >= 11 is 0. The van der Waals surface area contributed by atoms with Gasteiger partial charge < -0.3 is 5.32 Å². The monoisotopic (exact) mass is 279 g/mol. The lowest BCUT2D eigenvalue weighted by Gasteiger charge is -2.16. The molecule has 104 valence electrons. The van der Waals surface area contributed by atoms with E-state index in [4.69, 9.17) is 0 Å². The van der Waals surface area contributed by atoms with Gasteiger partial charge in [-0.3, -0.25) is 0 Å². The van der Waals surface area contributed by atoms with Gasteiger partial charge in [0.2, 0.25) is 0 Å². The van der Waals surface area contributed by atoms with E-state index < -0.39 is 11.7 Å². The average molecular weight is 279 g/mol. The fraction of sp³-hybridized carbons (Fsp3) is 0.286. The van der Waals surface area contributed by atoms with Gasteiger partial charge in [0.25, 0.3) is 0 Å². The summed E-state index contributed by atoms with van der Waals surface area (Å²) < 4.78 is 37.5. The van der Waals surface area contributed by atoms with Crippen molar-refractivity contribution in [2.24, 2.45) is 0 Å². The van der Waals surface area contributed by atoms with Crippen molar-refractivity contribution in [3.8, 4) is 11.3 Å². The number of aromatic nitrogens is 2. The fourth-order valence-corrected chi connectivity index (χ4v) is 2.22. The molecule has 0 fully saturated rings. The van der Waals surface area contributed by atoms with Crippen LogP contribution >= 0.6 is 0 Å². The van der Waals surface area contributed by atoms with E-state index in [1.54, 1.807) is 0 Å². The first-order valence-corrected chi connectivity index (χ1v) is 6.28. The number of fused-ring (bicyclic) bond motifs is 1. The molecule has 3 nitrogen and oxygen atoms in total. The second kappa shape index (κ2) is 4.86.